The van der Waals surface area contributed by atoms with Crippen LogP contribution in [0.5, 0.6) is 0 Å². The number of oxazole rings is 1. The fourth-order valence-electron chi connectivity index (χ4n) is 7.30. The smallest absolute Gasteiger partial charge is 0.227 e. The topological polar surface area (TPSA) is 32.5 Å². The summed E-state index contributed by atoms with van der Waals surface area (Å²) in [6, 6.07) is 66.0. The lowest BCUT2D eigenvalue weighted by molar-refractivity contribution is 0.620. The van der Waals surface area contributed by atoms with E-state index in [1.807, 2.05) is 41.7 Å². The van der Waals surface area contributed by atoms with Crippen molar-refractivity contribution in [3.05, 3.63) is 188 Å². The summed E-state index contributed by atoms with van der Waals surface area (Å²) in [4.78, 5) is 9.87. The standard InChI is InChI=1S/C47H31N3OS/c1-5-16-32(17-6-1)47-48-44-42(51-47)31-33-30-37(28-29-38(33)45(44)50(35-20-9-3-10-21-35)36-22-11-4-12-23-36)49(34-18-7-2-8-19-34)41-26-15-25-40-39-24-13-14-27-43(39)52-46(40)41/h1-31H. The van der Waals surface area contributed by atoms with Gasteiger partial charge in [-0.25, -0.2) is 4.98 Å². The molecule has 8 aromatic carbocycles. The second-order valence-electron chi connectivity index (χ2n) is 12.8. The molecule has 0 aliphatic carbocycles. The van der Waals surface area contributed by atoms with E-state index in [0.717, 1.165) is 61.6 Å². The van der Waals surface area contributed by atoms with Gasteiger partial charge in [0.25, 0.3) is 0 Å². The summed E-state index contributed by atoms with van der Waals surface area (Å²) in [5, 5.41) is 4.67. The predicted molar refractivity (Wildman–Crippen MR) is 219 cm³/mol. The van der Waals surface area contributed by atoms with Crippen LogP contribution in [0, 0.1) is 0 Å². The van der Waals surface area contributed by atoms with Crippen LogP contribution in [0.3, 0.4) is 0 Å². The highest BCUT2D eigenvalue weighted by atomic mass is 32.1. The summed E-state index contributed by atoms with van der Waals surface area (Å²) in [6.07, 6.45) is 0. The Morgan fingerprint density at radius 1 is 0.462 bits per heavy atom. The molecule has 0 unspecified atom stereocenters. The number of hydrogen-bond donors (Lipinski definition) is 0. The Morgan fingerprint density at radius 3 is 1.75 bits per heavy atom. The van der Waals surface area contributed by atoms with Crippen LogP contribution in [0.4, 0.5) is 34.1 Å². The molecular formula is C47H31N3OS. The summed E-state index contributed by atoms with van der Waals surface area (Å²) >= 11 is 1.84. The van der Waals surface area contributed by atoms with Gasteiger partial charge in [-0.15, -0.1) is 11.3 Å². The van der Waals surface area contributed by atoms with Gasteiger partial charge >= 0.3 is 0 Å². The van der Waals surface area contributed by atoms with Gasteiger partial charge in [-0.1, -0.05) is 109 Å². The zero-order valence-electron chi connectivity index (χ0n) is 28.1. The molecule has 0 saturated heterocycles. The Balaban J connectivity index is 1.25. The summed E-state index contributed by atoms with van der Waals surface area (Å²) in [5.74, 6) is 0.593. The summed E-state index contributed by atoms with van der Waals surface area (Å²) in [5.41, 5.74) is 8.82. The van der Waals surface area contributed by atoms with E-state index in [0.29, 0.717) is 5.89 Å². The van der Waals surface area contributed by atoms with Crippen molar-refractivity contribution in [1.29, 1.82) is 0 Å². The molecule has 246 valence electrons. The highest BCUT2D eigenvalue weighted by Crippen LogP contribution is 2.48. The van der Waals surface area contributed by atoms with Crippen molar-refractivity contribution in [2.45, 2.75) is 0 Å². The second kappa shape index (κ2) is 12.6. The Bertz CT molecular complexity index is 2810. The van der Waals surface area contributed by atoms with Gasteiger partial charge in [0.1, 0.15) is 5.52 Å². The molecule has 0 N–H and O–H groups in total. The van der Waals surface area contributed by atoms with E-state index in [4.69, 9.17) is 9.40 Å². The summed E-state index contributed by atoms with van der Waals surface area (Å²) in [7, 11) is 0. The van der Waals surface area contributed by atoms with Crippen molar-refractivity contribution in [3.63, 3.8) is 0 Å². The lowest BCUT2D eigenvalue weighted by Crippen LogP contribution is -2.12. The van der Waals surface area contributed by atoms with Gasteiger partial charge in [0.2, 0.25) is 5.89 Å². The molecule has 5 heteroatoms. The highest BCUT2D eigenvalue weighted by Gasteiger charge is 2.24. The number of benzene rings is 8. The molecule has 2 heterocycles. The molecule has 0 atom stereocenters. The van der Waals surface area contributed by atoms with Gasteiger partial charge in [-0.05, 0) is 84.2 Å². The largest absolute Gasteiger partial charge is 0.436 e. The van der Waals surface area contributed by atoms with E-state index in [1.54, 1.807) is 0 Å². The van der Waals surface area contributed by atoms with E-state index >= 15 is 0 Å². The Morgan fingerprint density at radius 2 is 1.06 bits per heavy atom. The van der Waals surface area contributed by atoms with E-state index in [1.165, 1.54) is 20.2 Å². The number of para-hydroxylation sites is 3. The maximum atomic E-state index is 6.64. The van der Waals surface area contributed by atoms with Crippen LogP contribution in [0.15, 0.2) is 192 Å². The number of nitrogens with zero attached hydrogens (tertiary/aromatic N) is 3. The van der Waals surface area contributed by atoms with Gasteiger partial charge in [0.15, 0.2) is 5.58 Å². The monoisotopic (exact) mass is 685 g/mol. The first-order valence-electron chi connectivity index (χ1n) is 17.4. The maximum Gasteiger partial charge on any atom is 0.227 e. The van der Waals surface area contributed by atoms with Crippen molar-refractivity contribution in [2.75, 3.05) is 9.80 Å². The van der Waals surface area contributed by atoms with Crippen LogP contribution in [0.1, 0.15) is 0 Å². The molecule has 0 radical (unpaired) electrons. The number of aromatic nitrogens is 1. The minimum atomic E-state index is 0.593. The highest BCUT2D eigenvalue weighted by molar-refractivity contribution is 7.26. The van der Waals surface area contributed by atoms with Crippen molar-refractivity contribution in [1.82, 2.24) is 4.98 Å². The fourth-order valence-corrected chi connectivity index (χ4v) is 8.50. The average Bonchev–Trinajstić information content (AvgIpc) is 3.82. The molecule has 0 saturated carbocycles. The first-order chi connectivity index (χ1) is 25.8. The second-order valence-corrected chi connectivity index (χ2v) is 13.8. The summed E-state index contributed by atoms with van der Waals surface area (Å²) < 4.78 is 9.17. The lowest BCUT2D eigenvalue weighted by atomic mass is 10.0. The molecule has 0 spiro atoms. The number of thiophene rings is 1. The molecule has 0 amide bonds. The molecule has 0 aliphatic rings. The van der Waals surface area contributed by atoms with Gasteiger partial charge in [-0.2, -0.15) is 0 Å². The Labute approximate surface area is 305 Å². The molecular weight excluding hydrogens is 655 g/mol. The van der Waals surface area contributed by atoms with Crippen molar-refractivity contribution in [2.24, 2.45) is 0 Å². The zero-order chi connectivity index (χ0) is 34.4. The molecule has 10 aromatic rings. The van der Waals surface area contributed by atoms with Crippen LogP contribution in [-0.2, 0) is 0 Å². The van der Waals surface area contributed by atoms with Gasteiger partial charge < -0.3 is 14.2 Å². The lowest BCUT2D eigenvalue weighted by Gasteiger charge is -2.28. The number of fused-ring (bicyclic) bond motifs is 5. The van der Waals surface area contributed by atoms with Crippen molar-refractivity contribution in [3.8, 4) is 11.5 Å². The molecule has 52 heavy (non-hydrogen) atoms. The van der Waals surface area contributed by atoms with Crippen molar-refractivity contribution < 1.29 is 4.42 Å². The quantitative estimate of drug-likeness (QED) is 0.167. The number of anilines is 6. The van der Waals surface area contributed by atoms with E-state index in [9.17, 15) is 0 Å². The van der Waals surface area contributed by atoms with Crippen LogP contribution < -0.4 is 9.80 Å². The Hall–Kier alpha value is -6.69. The van der Waals surface area contributed by atoms with E-state index < -0.39 is 0 Å². The first kappa shape index (κ1) is 30.2. The van der Waals surface area contributed by atoms with Crippen LogP contribution in [0.25, 0.3) is 53.5 Å². The van der Waals surface area contributed by atoms with Gasteiger partial charge in [0, 0.05) is 49.2 Å². The number of rotatable bonds is 7. The molecule has 2 aromatic heterocycles. The third kappa shape index (κ3) is 5.10. The van der Waals surface area contributed by atoms with Gasteiger partial charge in [-0.3, -0.25) is 0 Å². The third-order valence-electron chi connectivity index (χ3n) is 9.62. The summed E-state index contributed by atoms with van der Waals surface area (Å²) in [6.45, 7) is 0. The Kier molecular flexibility index (Phi) is 7.29. The van der Waals surface area contributed by atoms with Crippen LogP contribution in [-0.4, -0.2) is 4.98 Å². The third-order valence-corrected chi connectivity index (χ3v) is 10.8. The van der Waals surface area contributed by atoms with Crippen LogP contribution in [0.2, 0.25) is 0 Å². The van der Waals surface area contributed by atoms with E-state index in [2.05, 4.69) is 168 Å². The minimum Gasteiger partial charge on any atom is -0.436 e. The average molecular weight is 686 g/mol. The molecule has 4 nitrogen and oxygen atoms in total. The maximum absolute atomic E-state index is 6.64. The SMILES string of the molecule is c1ccc(-c2nc3c(N(c4ccccc4)c4ccccc4)c4ccc(N(c5ccccc5)c5cccc6c5sc5ccccc56)cc4cc3o2)cc1. The fraction of sp³-hybridized carbons (Fsp3) is 0. The normalized spacial score (nSPS) is 11.5. The zero-order valence-corrected chi connectivity index (χ0v) is 28.9. The molecule has 0 bridgehead atoms. The minimum absolute atomic E-state index is 0.593. The number of hydrogen-bond acceptors (Lipinski definition) is 5. The van der Waals surface area contributed by atoms with Crippen molar-refractivity contribution >= 4 is 87.5 Å². The predicted octanol–water partition coefficient (Wildman–Crippen LogP) is 14.0. The first-order valence-corrected chi connectivity index (χ1v) is 18.2. The molecule has 0 aliphatic heterocycles. The molecule has 10 rings (SSSR count). The van der Waals surface area contributed by atoms with Gasteiger partial charge in [0.05, 0.1) is 16.1 Å². The molecule has 0 fully saturated rings. The van der Waals surface area contributed by atoms with Crippen LogP contribution >= 0.6 is 11.3 Å². The van der Waals surface area contributed by atoms with E-state index in [-0.39, 0.29) is 0 Å².